The van der Waals surface area contributed by atoms with Gasteiger partial charge in [-0.25, -0.2) is 0 Å². The topological polar surface area (TPSA) is 52.0 Å². The molecule has 0 bridgehead atoms. The summed E-state index contributed by atoms with van der Waals surface area (Å²) in [5.74, 6) is 0.820. The van der Waals surface area contributed by atoms with Crippen molar-refractivity contribution in [1.29, 1.82) is 0 Å². The first-order valence-corrected chi connectivity index (χ1v) is 8.45. The fraction of sp³-hybridized carbons (Fsp3) is 0.111. The molecule has 1 aromatic heterocycles. The zero-order valence-corrected chi connectivity index (χ0v) is 13.4. The molecule has 1 heterocycles. The van der Waals surface area contributed by atoms with Gasteiger partial charge in [0.15, 0.2) is 0 Å². The molecule has 3 aromatic rings. The van der Waals surface area contributed by atoms with Crippen molar-refractivity contribution in [2.24, 2.45) is 5.14 Å². The Morgan fingerprint density at radius 3 is 2.32 bits per heavy atom. The molecule has 0 fully saturated rings. The summed E-state index contributed by atoms with van der Waals surface area (Å²) in [5.41, 5.74) is 4.06. The van der Waals surface area contributed by atoms with Gasteiger partial charge >= 0.3 is 0 Å². The summed E-state index contributed by atoms with van der Waals surface area (Å²) in [7, 11) is -0.306. The molecule has 1 unspecified atom stereocenters. The molecule has 2 N–H and O–H groups in total. The SMILES string of the molecule is C/C=S(/N)c1ccc(-c2c(-c3ccccc3)noc2C)cc1. The van der Waals surface area contributed by atoms with Crippen LogP contribution in [-0.2, 0) is 0 Å². The van der Waals surface area contributed by atoms with Crippen LogP contribution in [0.3, 0.4) is 0 Å². The van der Waals surface area contributed by atoms with E-state index in [1.165, 1.54) is 0 Å². The van der Waals surface area contributed by atoms with Gasteiger partial charge in [0, 0.05) is 10.5 Å². The van der Waals surface area contributed by atoms with E-state index in [-0.39, 0.29) is 10.7 Å². The molecule has 0 aliphatic heterocycles. The minimum atomic E-state index is -0.306. The van der Waals surface area contributed by atoms with Gasteiger partial charge in [-0.05, 0) is 36.9 Å². The summed E-state index contributed by atoms with van der Waals surface area (Å²) in [6.07, 6.45) is 0. The average molecular weight is 310 g/mol. The highest BCUT2D eigenvalue weighted by Crippen LogP contribution is 2.35. The Hall–Kier alpha value is -2.17. The molecule has 0 saturated carbocycles. The Morgan fingerprint density at radius 2 is 1.68 bits per heavy atom. The van der Waals surface area contributed by atoms with Crippen LogP contribution in [0.1, 0.15) is 12.7 Å². The molecule has 0 radical (unpaired) electrons. The van der Waals surface area contributed by atoms with E-state index in [2.05, 4.69) is 29.4 Å². The highest BCUT2D eigenvalue weighted by atomic mass is 32.2. The third kappa shape index (κ3) is 2.75. The maximum atomic E-state index is 6.06. The molecule has 0 amide bonds. The van der Waals surface area contributed by atoms with E-state index < -0.39 is 0 Å². The standard InChI is InChI=1S/C18H18N2OS/c1-3-22(19)16-11-9-14(10-12-16)17-13(2)21-20-18(17)15-7-5-4-6-8-15/h3-12H,19H2,1-2H3. The number of nitrogens with zero attached hydrogens (tertiary/aromatic N) is 1. The molecule has 0 aliphatic carbocycles. The molecule has 4 heteroatoms. The Bertz CT molecular complexity index is 805. The van der Waals surface area contributed by atoms with Crippen LogP contribution < -0.4 is 5.14 Å². The second kappa shape index (κ2) is 6.30. The zero-order chi connectivity index (χ0) is 15.5. The van der Waals surface area contributed by atoms with E-state index in [0.29, 0.717) is 0 Å². The lowest BCUT2D eigenvalue weighted by Gasteiger charge is -2.06. The number of nitrogens with two attached hydrogens (primary N) is 1. The van der Waals surface area contributed by atoms with Gasteiger partial charge in [0.25, 0.3) is 0 Å². The average Bonchev–Trinajstić information content (AvgIpc) is 2.96. The van der Waals surface area contributed by atoms with Crippen LogP contribution in [0.15, 0.2) is 64.0 Å². The van der Waals surface area contributed by atoms with E-state index in [1.807, 2.05) is 49.5 Å². The first-order chi connectivity index (χ1) is 10.7. The molecule has 3 nitrogen and oxygen atoms in total. The highest BCUT2D eigenvalue weighted by molar-refractivity contribution is 8.13. The largest absolute Gasteiger partial charge is 0.360 e. The van der Waals surface area contributed by atoms with Gasteiger partial charge < -0.3 is 4.52 Å². The van der Waals surface area contributed by atoms with E-state index in [4.69, 9.17) is 9.66 Å². The monoisotopic (exact) mass is 310 g/mol. The van der Waals surface area contributed by atoms with Crippen molar-refractivity contribution in [1.82, 2.24) is 5.16 Å². The first-order valence-electron chi connectivity index (χ1n) is 7.10. The van der Waals surface area contributed by atoms with Gasteiger partial charge in [0.2, 0.25) is 0 Å². The third-order valence-corrected chi connectivity index (χ3v) is 4.90. The van der Waals surface area contributed by atoms with Crippen molar-refractivity contribution in [3.63, 3.8) is 0 Å². The summed E-state index contributed by atoms with van der Waals surface area (Å²) < 4.78 is 5.42. The predicted molar refractivity (Wildman–Crippen MR) is 93.9 cm³/mol. The number of benzene rings is 2. The molecule has 0 aliphatic rings. The normalized spacial score (nSPS) is 12.5. The lowest BCUT2D eigenvalue weighted by atomic mass is 10.00. The van der Waals surface area contributed by atoms with Gasteiger partial charge in [-0.1, -0.05) is 58.3 Å². The van der Waals surface area contributed by atoms with Gasteiger partial charge in [-0.15, -0.1) is 0 Å². The number of aryl methyl sites for hydroxylation is 1. The van der Waals surface area contributed by atoms with E-state index >= 15 is 0 Å². The van der Waals surface area contributed by atoms with Gasteiger partial charge in [0.05, 0.1) is 5.56 Å². The lowest BCUT2D eigenvalue weighted by molar-refractivity contribution is 0.400. The number of rotatable bonds is 3. The van der Waals surface area contributed by atoms with E-state index in [0.717, 1.165) is 33.0 Å². The predicted octanol–water partition coefficient (Wildman–Crippen LogP) is 4.64. The number of aromatic nitrogens is 1. The third-order valence-electron chi connectivity index (χ3n) is 3.58. The van der Waals surface area contributed by atoms with Crippen molar-refractivity contribution in [2.45, 2.75) is 18.7 Å². The van der Waals surface area contributed by atoms with Crippen molar-refractivity contribution in [3.8, 4) is 22.4 Å². The maximum Gasteiger partial charge on any atom is 0.142 e. The first kappa shape index (κ1) is 14.8. The van der Waals surface area contributed by atoms with Gasteiger partial charge in [-0.3, -0.25) is 5.14 Å². The lowest BCUT2D eigenvalue weighted by Crippen LogP contribution is -1.89. The minimum absolute atomic E-state index is 0.306. The summed E-state index contributed by atoms with van der Waals surface area (Å²) in [5, 5.41) is 12.3. The smallest absolute Gasteiger partial charge is 0.142 e. The molecule has 1 atom stereocenters. The van der Waals surface area contributed by atoms with Crippen LogP contribution in [0.5, 0.6) is 0 Å². The molecule has 3 rings (SSSR count). The van der Waals surface area contributed by atoms with Gasteiger partial charge in [-0.2, -0.15) is 0 Å². The Kier molecular flexibility index (Phi) is 4.22. The number of hydrogen-bond donors (Lipinski definition) is 1. The summed E-state index contributed by atoms with van der Waals surface area (Å²) in [6, 6.07) is 18.4. The summed E-state index contributed by atoms with van der Waals surface area (Å²) in [4.78, 5) is 1.13. The Morgan fingerprint density at radius 1 is 1.00 bits per heavy atom. The van der Waals surface area contributed by atoms with Crippen LogP contribution in [0.2, 0.25) is 0 Å². The van der Waals surface area contributed by atoms with E-state index in [1.54, 1.807) is 0 Å². The molecule has 0 spiro atoms. The quantitative estimate of drug-likeness (QED) is 0.717. The zero-order valence-electron chi connectivity index (χ0n) is 12.6. The van der Waals surface area contributed by atoms with Crippen molar-refractivity contribution in [3.05, 3.63) is 60.4 Å². The van der Waals surface area contributed by atoms with Crippen molar-refractivity contribution in [2.75, 3.05) is 0 Å². The molecular formula is C18H18N2OS. The van der Waals surface area contributed by atoms with Crippen LogP contribution in [0.4, 0.5) is 0 Å². The van der Waals surface area contributed by atoms with Crippen LogP contribution in [-0.4, -0.2) is 10.5 Å². The second-order valence-electron chi connectivity index (χ2n) is 4.96. The van der Waals surface area contributed by atoms with Crippen molar-refractivity contribution < 1.29 is 4.52 Å². The van der Waals surface area contributed by atoms with Crippen molar-refractivity contribution >= 4 is 16.0 Å². The Labute approximate surface area is 132 Å². The fourth-order valence-electron chi connectivity index (χ4n) is 2.42. The van der Waals surface area contributed by atoms with Crippen LogP contribution in [0, 0.1) is 6.92 Å². The minimum Gasteiger partial charge on any atom is -0.360 e. The number of hydrogen-bond acceptors (Lipinski definition) is 3. The summed E-state index contributed by atoms with van der Waals surface area (Å²) >= 11 is 0. The van der Waals surface area contributed by atoms with Gasteiger partial charge in [0.1, 0.15) is 11.5 Å². The van der Waals surface area contributed by atoms with E-state index in [9.17, 15) is 0 Å². The van der Waals surface area contributed by atoms with Crippen LogP contribution >= 0.6 is 10.7 Å². The molecular weight excluding hydrogens is 292 g/mol. The second-order valence-corrected chi connectivity index (χ2v) is 6.65. The molecule has 2 aromatic carbocycles. The van der Waals surface area contributed by atoms with Crippen LogP contribution in [0.25, 0.3) is 22.4 Å². The molecule has 0 saturated heterocycles. The summed E-state index contributed by atoms with van der Waals surface area (Å²) in [6.45, 7) is 3.92. The highest BCUT2D eigenvalue weighted by Gasteiger charge is 2.16. The molecule has 112 valence electrons. The fourth-order valence-corrected chi connectivity index (χ4v) is 3.14. The maximum absolute atomic E-state index is 6.06. The Balaban J connectivity index is 2.08. The molecule has 22 heavy (non-hydrogen) atoms.